The van der Waals surface area contributed by atoms with Crippen molar-refractivity contribution in [3.63, 3.8) is 0 Å². The third-order valence-corrected chi connectivity index (χ3v) is 2.55. The van der Waals surface area contributed by atoms with E-state index >= 15 is 0 Å². The van der Waals surface area contributed by atoms with E-state index in [0.29, 0.717) is 18.9 Å². The lowest BCUT2D eigenvalue weighted by Crippen LogP contribution is -2.20. The van der Waals surface area contributed by atoms with Gasteiger partial charge in [0.25, 0.3) is 0 Å². The van der Waals surface area contributed by atoms with Crippen LogP contribution >= 0.6 is 0 Å². The van der Waals surface area contributed by atoms with Crippen LogP contribution in [0.5, 0.6) is 0 Å². The molecule has 0 unspecified atom stereocenters. The van der Waals surface area contributed by atoms with Crippen molar-refractivity contribution in [3.05, 3.63) is 34.4 Å². The lowest BCUT2D eigenvalue weighted by Gasteiger charge is -2.21. The summed E-state index contributed by atoms with van der Waals surface area (Å²) in [5.41, 5.74) is 5.32. The summed E-state index contributed by atoms with van der Waals surface area (Å²) in [4.78, 5) is 0. The van der Waals surface area contributed by atoms with Gasteiger partial charge in [0.05, 0.1) is 18.9 Å². The Morgan fingerprint density at radius 1 is 1.15 bits per heavy atom. The Kier molecular flexibility index (Phi) is 1.93. The first kappa shape index (κ1) is 8.45. The molecule has 2 nitrogen and oxygen atoms in total. The molecule has 0 bridgehead atoms. The largest absolute Gasteiger partial charge is 0.370 e. The maximum atomic E-state index is 7.78. The quantitative estimate of drug-likeness (QED) is 0.644. The van der Waals surface area contributed by atoms with Crippen molar-refractivity contribution in [2.24, 2.45) is 0 Å². The number of rotatable bonds is 0. The molecule has 0 aromatic heterocycles. The SMILES string of the molecule is Cc1ccc(C)c2c1COCC2=N. The molecule has 1 aromatic rings. The van der Waals surface area contributed by atoms with Crippen LogP contribution in [0.3, 0.4) is 0 Å². The van der Waals surface area contributed by atoms with Gasteiger partial charge in [0, 0.05) is 5.56 Å². The summed E-state index contributed by atoms with van der Waals surface area (Å²) < 4.78 is 5.32. The molecule has 0 aliphatic carbocycles. The standard InChI is InChI=1S/C11H13NO/c1-7-3-4-8(2)11-9(7)5-13-6-10(11)12/h3-4,12H,5-6H2,1-2H3. The van der Waals surface area contributed by atoms with Crippen LogP contribution in [0.4, 0.5) is 0 Å². The van der Waals surface area contributed by atoms with Gasteiger partial charge in [-0.2, -0.15) is 0 Å². The number of fused-ring (bicyclic) bond motifs is 1. The number of nitrogens with one attached hydrogen (secondary N) is 1. The molecule has 1 aliphatic rings. The highest BCUT2D eigenvalue weighted by atomic mass is 16.5. The van der Waals surface area contributed by atoms with E-state index in [1.54, 1.807) is 0 Å². The Hall–Kier alpha value is -1.15. The van der Waals surface area contributed by atoms with Crippen LogP contribution < -0.4 is 0 Å². The molecule has 0 spiro atoms. The minimum absolute atomic E-state index is 0.456. The zero-order valence-electron chi connectivity index (χ0n) is 7.98. The van der Waals surface area contributed by atoms with Gasteiger partial charge < -0.3 is 10.1 Å². The number of hydrogen-bond donors (Lipinski definition) is 1. The zero-order chi connectivity index (χ0) is 9.42. The highest BCUT2D eigenvalue weighted by Gasteiger charge is 2.17. The Bertz CT molecular complexity index is 369. The number of hydrogen-bond acceptors (Lipinski definition) is 2. The molecular formula is C11H13NO. The summed E-state index contributed by atoms with van der Waals surface area (Å²) in [7, 11) is 0. The third kappa shape index (κ3) is 1.27. The van der Waals surface area contributed by atoms with Crippen LogP contribution in [0, 0.1) is 19.3 Å². The first-order chi connectivity index (χ1) is 6.20. The molecule has 2 rings (SSSR count). The van der Waals surface area contributed by atoms with Crippen LogP contribution in [0.1, 0.15) is 22.3 Å². The van der Waals surface area contributed by atoms with E-state index < -0.39 is 0 Å². The molecule has 1 N–H and O–H groups in total. The van der Waals surface area contributed by atoms with E-state index in [0.717, 1.165) is 5.56 Å². The van der Waals surface area contributed by atoms with Gasteiger partial charge in [0.1, 0.15) is 0 Å². The molecule has 0 saturated carbocycles. The van der Waals surface area contributed by atoms with Gasteiger partial charge in [-0.25, -0.2) is 0 Å². The van der Waals surface area contributed by atoms with Crippen molar-refractivity contribution in [3.8, 4) is 0 Å². The Morgan fingerprint density at radius 2 is 1.85 bits per heavy atom. The van der Waals surface area contributed by atoms with E-state index in [-0.39, 0.29) is 0 Å². The van der Waals surface area contributed by atoms with Crippen LogP contribution in [-0.2, 0) is 11.3 Å². The molecule has 1 aromatic carbocycles. The first-order valence-electron chi connectivity index (χ1n) is 4.45. The number of benzene rings is 1. The van der Waals surface area contributed by atoms with E-state index in [1.807, 2.05) is 0 Å². The van der Waals surface area contributed by atoms with Gasteiger partial charge >= 0.3 is 0 Å². The molecule has 13 heavy (non-hydrogen) atoms. The average molecular weight is 175 g/mol. The van der Waals surface area contributed by atoms with Crippen molar-refractivity contribution in [1.29, 1.82) is 5.41 Å². The second-order valence-corrected chi connectivity index (χ2v) is 3.52. The topological polar surface area (TPSA) is 33.1 Å². The molecule has 0 radical (unpaired) electrons. The van der Waals surface area contributed by atoms with Crippen LogP contribution in [-0.4, -0.2) is 12.3 Å². The van der Waals surface area contributed by atoms with Crippen LogP contribution in [0.2, 0.25) is 0 Å². The molecule has 2 heteroatoms. The van der Waals surface area contributed by atoms with Crippen molar-refractivity contribution in [2.75, 3.05) is 6.61 Å². The summed E-state index contributed by atoms with van der Waals surface area (Å²) in [5.74, 6) is 0. The zero-order valence-corrected chi connectivity index (χ0v) is 7.98. The monoisotopic (exact) mass is 175 g/mol. The third-order valence-electron chi connectivity index (χ3n) is 2.55. The van der Waals surface area contributed by atoms with Gasteiger partial charge in [0.2, 0.25) is 0 Å². The van der Waals surface area contributed by atoms with E-state index in [4.69, 9.17) is 10.1 Å². The van der Waals surface area contributed by atoms with Gasteiger partial charge in [-0.3, -0.25) is 0 Å². The Balaban J connectivity index is 2.67. The van der Waals surface area contributed by atoms with Crippen molar-refractivity contribution in [2.45, 2.75) is 20.5 Å². The Labute approximate surface area is 78.0 Å². The van der Waals surface area contributed by atoms with Gasteiger partial charge in [-0.05, 0) is 30.5 Å². The molecule has 68 valence electrons. The highest BCUT2D eigenvalue weighted by molar-refractivity contribution is 6.02. The fraction of sp³-hybridized carbons (Fsp3) is 0.364. The first-order valence-corrected chi connectivity index (χ1v) is 4.45. The fourth-order valence-corrected chi connectivity index (χ4v) is 1.80. The van der Waals surface area contributed by atoms with Crippen molar-refractivity contribution in [1.82, 2.24) is 0 Å². The summed E-state index contributed by atoms with van der Waals surface area (Å²) in [5, 5.41) is 7.78. The molecular weight excluding hydrogens is 162 g/mol. The molecule has 1 aliphatic heterocycles. The maximum absolute atomic E-state index is 7.78. The average Bonchev–Trinajstić information content (AvgIpc) is 2.12. The number of ether oxygens (including phenoxy) is 1. The van der Waals surface area contributed by atoms with Gasteiger partial charge in [-0.1, -0.05) is 12.1 Å². The predicted molar refractivity (Wildman–Crippen MR) is 52.4 cm³/mol. The minimum Gasteiger partial charge on any atom is -0.370 e. The molecule has 0 fully saturated rings. The lowest BCUT2D eigenvalue weighted by atomic mass is 9.93. The van der Waals surface area contributed by atoms with Crippen LogP contribution in [0.25, 0.3) is 0 Å². The van der Waals surface area contributed by atoms with Crippen molar-refractivity contribution >= 4 is 5.71 Å². The van der Waals surface area contributed by atoms with E-state index in [1.165, 1.54) is 16.7 Å². The van der Waals surface area contributed by atoms with E-state index in [2.05, 4.69) is 26.0 Å². The molecule has 1 heterocycles. The molecule has 0 atom stereocenters. The van der Waals surface area contributed by atoms with Gasteiger partial charge in [0.15, 0.2) is 0 Å². The number of aryl methyl sites for hydroxylation is 2. The minimum atomic E-state index is 0.456. The smallest absolute Gasteiger partial charge is 0.0891 e. The van der Waals surface area contributed by atoms with Crippen molar-refractivity contribution < 1.29 is 4.74 Å². The summed E-state index contributed by atoms with van der Waals surface area (Å²) in [6, 6.07) is 4.17. The maximum Gasteiger partial charge on any atom is 0.0891 e. The predicted octanol–water partition coefficient (Wildman–Crippen LogP) is 2.20. The summed E-state index contributed by atoms with van der Waals surface area (Å²) in [6.45, 7) is 5.24. The second kappa shape index (κ2) is 2.96. The highest BCUT2D eigenvalue weighted by Crippen LogP contribution is 2.23. The summed E-state index contributed by atoms with van der Waals surface area (Å²) in [6.07, 6.45) is 0. The van der Waals surface area contributed by atoms with Crippen LogP contribution in [0.15, 0.2) is 12.1 Å². The fourth-order valence-electron chi connectivity index (χ4n) is 1.80. The molecule has 0 saturated heterocycles. The normalized spacial score (nSPS) is 15.7. The summed E-state index contributed by atoms with van der Waals surface area (Å²) >= 11 is 0. The lowest BCUT2D eigenvalue weighted by molar-refractivity contribution is 0.151. The Morgan fingerprint density at radius 3 is 2.54 bits per heavy atom. The second-order valence-electron chi connectivity index (χ2n) is 3.52. The van der Waals surface area contributed by atoms with Gasteiger partial charge in [-0.15, -0.1) is 0 Å². The molecule has 0 amide bonds. The van der Waals surface area contributed by atoms with E-state index in [9.17, 15) is 0 Å².